The first-order valence-electron chi connectivity index (χ1n) is 9.40. The second-order valence-electron chi connectivity index (χ2n) is 6.76. The zero-order chi connectivity index (χ0) is 19.4. The van der Waals surface area contributed by atoms with Gasteiger partial charge in [-0.1, -0.05) is 30.3 Å². The van der Waals surface area contributed by atoms with Crippen LogP contribution in [-0.2, 0) is 11.3 Å². The number of benzene rings is 1. The molecule has 1 aromatic rings. The molecule has 1 amide bonds. The van der Waals surface area contributed by atoms with E-state index in [1.807, 2.05) is 13.0 Å². The number of nitrogens with one attached hydrogen (secondary N) is 2. The number of aliphatic imine (C=N–C) groups is 1. The normalized spacial score (nSPS) is 12.3. The number of hydrogen-bond donors (Lipinski definition) is 2. The zero-order valence-corrected chi connectivity index (χ0v) is 19.7. The van der Waals surface area contributed by atoms with Crippen LogP contribution in [0.5, 0.6) is 0 Å². The second kappa shape index (κ2) is 14.7. The predicted octanol–water partition coefficient (Wildman–Crippen LogP) is 2.55. The Balaban J connectivity index is 0.00000676. The van der Waals surface area contributed by atoms with E-state index in [0.717, 1.165) is 32.0 Å². The number of guanidine groups is 1. The van der Waals surface area contributed by atoms with Crippen molar-refractivity contribution < 1.29 is 4.79 Å². The van der Waals surface area contributed by atoms with Crippen LogP contribution in [0.15, 0.2) is 35.3 Å². The van der Waals surface area contributed by atoms with Gasteiger partial charge in [-0.2, -0.15) is 0 Å². The summed E-state index contributed by atoms with van der Waals surface area (Å²) in [7, 11) is 5.70. The summed E-state index contributed by atoms with van der Waals surface area (Å²) in [4.78, 5) is 20.2. The summed E-state index contributed by atoms with van der Waals surface area (Å²) in [5.74, 6) is 0.890. The molecule has 0 radical (unpaired) electrons. The largest absolute Gasteiger partial charge is 0.357 e. The van der Waals surface area contributed by atoms with Gasteiger partial charge in [0.05, 0.1) is 0 Å². The van der Waals surface area contributed by atoms with E-state index in [4.69, 9.17) is 0 Å². The van der Waals surface area contributed by atoms with Gasteiger partial charge in [-0.3, -0.25) is 14.7 Å². The van der Waals surface area contributed by atoms with Crippen molar-refractivity contribution in [2.45, 2.75) is 39.3 Å². The number of amides is 1. The smallest absolute Gasteiger partial charge is 0.223 e. The summed E-state index contributed by atoms with van der Waals surface area (Å²) < 4.78 is 0. The molecule has 27 heavy (non-hydrogen) atoms. The number of rotatable bonds is 10. The van der Waals surface area contributed by atoms with Crippen LogP contribution in [0, 0.1) is 0 Å². The molecule has 2 N–H and O–H groups in total. The number of hydrogen-bond acceptors (Lipinski definition) is 3. The fourth-order valence-corrected chi connectivity index (χ4v) is 2.46. The van der Waals surface area contributed by atoms with E-state index in [2.05, 4.69) is 58.8 Å². The molecule has 1 unspecified atom stereocenters. The van der Waals surface area contributed by atoms with Gasteiger partial charge in [-0.25, -0.2) is 0 Å². The van der Waals surface area contributed by atoms with E-state index in [1.54, 1.807) is 19.0 Å². The third kappa shape index (κ3) is 11.2. The van der Waals surface area contributed by atoms with Crippen molar-refractivity contribution >= 4 is 35.8 Å². The zero-order valence-electron chi connectivity index (χ0n) is 17.4. The Bertz CT molecular complexity index is 551. The van der Waals surface area contributed by atoms with Gasteiger partial charge in [0.2, 0.25) is 5.91 Å². The van der Waals surface area contributed by atoms with Gasteiger partial charge in [-0.15, -0.1) is 24.0 Å². The standard InChI is InChI=1S/C20H35N5O.HI/c1-6-21-20(23-15-13-19(26)24(3)4)22-14-12-17(2)25(5)16-18-10-8-7-9-11-18;/h7-11,17H,6,12-16H2,1-5H3,(H2,21,22,23);1H. The molecular formula is C20H36IN5O. The van der Waals surface area contributed by atoms with Gasteiger partial charge in [0.15, 0.2) is 5.96 Å². The topological polar surface area (TPSA) is 60.0 Å². The Kier molecular flexibility index (Phi) is 13.9. The molecule has 7 heteroatoms. The molecule has 0 saturated carbocycles. The highest BCUT2D eigenvalue weighted by molar-refractivity contribution is 14.0. The predicted molar refractivity (Wildman–Crippen MR) is 125 cm³/mol. The van der Waals surface area contributed by atoms with Crippen molar-refractivity contribution in [2.75, 3.05) is 40.8 Å². The highest BCUT2D eigenvalue weighted by atomic mass is 127. The summed E-state index contributed by atoms with van der Waals surface area (Å²) in [6, 6.07) is 11.0. The number of carbonyl (C=O) groups excluding carboxylic acids is 1. The molecule has 0 spiro atoms. The quantitative estimate of drug-likeness (QED) is 0.302. The first kappa shape index (κ1) is 25.6. The van der Waals surface area contributed by atoms with E-state index in [1.165, 1.54) is 5.56 Å². The summed E-state index contributed by atoms with van der Waals surface area (Å²) in [5.41, 5.74) is 1.32. The third-order valence-electron chi connectivity index (χ3n) is 4.32. The number of carbonyl (C=O) groups is 1. The Morgan fingerprint density at radius 1 is 1.15 bits per heavy atom. The van der Waals surface area contributed by atoms with Crippen LogP contribution < -0.4 is 10.6 Å². The minimum absolute atomic E-state index is 0. The first-order valence-corrected chi connectivity index (χ1v) is 9.40. The lowest BCUT2D eigenvalue weighted by molar-refractivity contribution is -0.128. The SMILES string of the molecule is CCNC(=NCCC(C)N(C)Cc1ccccc1)NCCC(=O)N(C)C.I. The summed E-state index contributed by atoms with van der Waals surface area (Å²) >= 11 is 0. The molecule has 6 nitrogen and oxygen atoms in total. The van der Waals surface area contributed by atoms with E-state index in [0.29, 0.717) is 19.0 Å². The van der Waals surface area contributed by atoms with Crippen molar-refractivity contribution in [2.24, 2.45) is 4.99 Å². The number of halogens is 1. The Hall–Kier alpha value is -1.35. The van der Waals surface area contributed by atoms with Crippen LogP contribution in [0.2, 0.25) is 0 Å². The monoisotopic (exact) mass is 489 g/mol. The van der Waals surface area contributed by atoms with Crippen molar-refractivity contribution in [1.29, 1.82) is 0 Å². The van der Waals surface area contributed by atoms with E-state index < -0.39 is 0 Å². The minimum atomic E-state index is 0. The Morgan fingerprint density at radius 2 is 1.81 bits per heavy atom. The molecule has 0 aliphatic heterocycles. The summed E-state index contributed by atoms with van der Waals surface area (Å²) in [6.45, 7) is 7.35. The fourth-order valence-electron chi connectivity index (χ4n) is 2.46. The van der Waals surface area contributed by atoms with Gasteiger partial charge in [0.1, 0.15) is 0 Å². The van der Waals surface area contributed by atoms with Crippen molar-refractivity contribution in [3.8, 4) is 0 Å². The molecule has 0 aliphatic carbocycles. The maximum atomic E-state index is 11.6. The molecule has 0 saturated heterocycles. The molecule has 0 aromatic heterocycles. The van der Waals surface area contributed by atoms with Crippen LogP contribution in [0.25, 0.3) is 0 Å². The van der Waals surface area contributed by atoms with Crippen molar-refractivity contribution in [1.82, 2.24) is 20.4 Å². The van der Waals surface area contributed by atoms with Gasteiger partial charge in [0.25, 0.3) is 0 Å². The van der Waals surface area contributed by atoms with Crippen molar-refractivity contribution in [3.05, 3.63) is 35.9 Å². The average Bonchev–Trinajstić information content (AvgIpc) is 2.62. The first-order chi connectivity index (χ1) is 12.4. The van der Waals surface area contributed by atoms with E-state index >= 15 is 0 Å². The van der Waals surface area contributed by atoms with Crippen LogP contribution in [0.1, 0.15) is 32.3 Å². The lowest BCUT2D eigenvalue weighted by Gasteiger charge is -2.24. The van der Waals surface area contributed by atoms with Gasteiger partial charge in [-0.05, 0) is 32.9 Å². The Labute approximate surface area is 181 Å². The van der Waals surface area contributed by atoms with Gasteiger partial charge < -0.3 is 15.5 Å². The van der Waals surface area contributed by atoms with Crippen LogP contribution in [0.4, 0.5) is 0 Å². The lowest BCUT2D eigenvalue weighted by Crippen LogP contribution is -2.39. The summed E-state index contributed by atoms with van der Waals surface area (Å²) in [6.07, 6.45) is 1.45. The maximum absolute atomic E-state index is 11.6. The molecular weight excluding hydrogens is 453 g/mol. The molecule has 154 valence electrons. The molecule has 1 rings (SSSR count). The second-order valence-corrected chi connectivity index (χ2v) is 6.76. The molecule has 0 fully saturated rings. The van der Waals surface area contributed by atoms with Crippen LogP contribution in [0.3, 0.4) is 0 Å². The van der Waals surface area contributed by atoms with E-state index in [9.17, 15) is 4.79 Å². The average molecular weight is 489 g/mol. The molecule has 0 heterocycles. The van der Waals surface area contributed by atoms with Gasteiger partial charge >= 0.3 is 0 Å². The molecule has 1 atom stereocenters. The third-order valence-corrected chi connectivity index (χ3v) is 4.32. The van der Waals surface area contributed by atoms with Crippen molar-refractivity contribution in [3.63, 3.8) is 0 Å². The van der Waals surface area contributed by atoms with E-state index in [-0.39, 0.29) is 29.9 Å². The minimum Gasteiger partial charge on any atom is -0.357 e. The van der Waals surface area contributed by atoms with Crippen LogP contribution >= 0.6 is 24.0 Å². The lowest BCUT2D eigenvalue weighted by atomic mass is 10.1. The molecule has 0 bridgehead atoms. The molecule has 1 aromatic carbocycles. The maximum Gasteiger partial charge on any atom is 0.223 e. The van der Waals surface area contributed by atoms with Crippen LogP contribution in [-0.4, -0.2) is 68.5 Å². The van der Waals surface area contributed by atoms with Gasteiger partial charge in [0, 0.05) is 52.7 Å². The Morgan fingerprint density at radius 3 is 2.41 bits per heavy atom. The highest BCUT2D eigenvalue weighted by Crippen LogP contribution is 2.08. The summed E-state index contributed by atoms with van der Waals surface area (Å²) in [5, 5.41) is 6.46. The molecule has 0 aliphatic rings. The number of nitrogens with zero attached hydrogens (tertiary/aromatic N) is 3. The highest BCUT2D eigenvalue weighted by Gasteiger charge is 2.09. The fraction of sp³-hybridized carbons (Fsp3) is 0.600.